The van der Waals surface area contributed by atoms with Gasteiger partial charge in [0.1, 0.15) is 0 Å². The van der Waals surface area contributed by atoms with Gasteiger partial charge in [-0.25, -0.2) is 0 Å². The van der Waals surface area contributed by atoms with Crippen molar-refractivity contribution in [1.82, 2.24) is 0 Å². The number of halogens is 1. The lowest BCUT2D eigenvalue weighted by Crippen LogP contribution is -2.08. The van der Waals surface area contributed by atoms with Crippen molar-refractivity contribution in [3.05, 3.63) is 23.1 Å². The molecule has 0 amide bonds. The zero-order chi connectivity index (χ0) is 7.56. The molecule has 10 heavy (non-hydrogen) atoms. The van der Waals surface area contributed by atoms with Crippen LogP contribution in [-0.2, 0) is 0 Å². The monoisotopic (exact) mass is 174 g/mol. The number of rotatable bonds is 1. The van der Waals surface area contributed by atoms with Crippen LogP contribution < -0.4 is 0 Å². The van der Waals surface area contributed by atoms with Crippen LogP contribution in [0.4, 0.5) is 0 Å². The second kappa shape index (κ2) is 3.49. The van der Waals surface area contributed by atoms with E-state index in [2.05, 4.69) is 31.4 Å². The van der Waals surface area contributed by atoms with Gasteiger partial charge >= 0.3 is 0 Å². The van der Waals surface area contributed by atoms with E-state index in [9.17, 15) is 0 Å². The van der Waals surface area contributed by atoms with Gasteiger partial charge in [0, 0.05) is 4.91 Å². The summed E-state index contributed by atoms with van der Waals surface area (Å²) in [5.74, 6) is 0.481. The molecule has 0 heterocycles. The van der Waals surface area contributed by atoms with E-state index in [0.29, 0.717) is 5.92 Å². The van der Waals surface area contributed by atoms with Crippen LogP contribution in [0.1, 0.15) is 6.92 Å². The highest BCUT2D eigenvalue weighted by atomic mass is 35.5. The van der Waals surface area contributed by atoms with Crippen molar-refractivity contribution < 1.29 is 0 Å². The van der Waals surface area contributed by atoms with Crippen molar-refractivity contribution in [2.45, 2.75) is 12.3 Å². The van der Waals surface area contributed by atoms with Crippen molar-refractivity contribution in [1.29, 1.82) is 0 Å². The smallest absolute Gasteiger partial charge is 0.0579 e. The average Bonchev–Trinajstić information content (AvgIpc) is 1.95. The van der Waals surface area contributed by atoms with Gasteiger partial charge in [-0.1, -0.05) is 25.2 Å². The van der Waals surface area contributed by atoms with Gasteiger partial charge in [-0.3, -0.25) is 0 Å². The number of hydrogen-bond donors (Lipinski definition) is 0. The molecule has 1 aliphatic carbocycles. The highest BCUT2D eigenvalue weighted by molar-refractivity contribution is 8.02. The van der Waals surface area contributed by atoms with Crippen LogP contribution in [0.3, 0.4) is 0 Å². The summed E-state index contributed by atoms with van der Waals surface area (Å²) in [5, 5.41) is 0.191. The molecular formula is C8H11ClS. The van der Waals surface area contributed by atoms with Crippen molar-refractivity contribution >= 4 is 23.4 Å². The highest BCUT2D eigenvalue weighted by Gasteiger charge is 2.12. The minimum absolute atomic E-state index is 0.191. The first-order chi connectivity index (χ1) is 4.74. The second-order valence-corrected chi connectivity index (χ2v) is 3.82. The molecule has 0 saturated carbocycles. The summed E-state index contributed by atoms with van der Waals surface area (Å²) in [7, 11) is 0. The van der Waals surface area contributed by atoms with Gasteiger partial charge < -0.3 is 0 Å². The predicted octanol–water partition coefficient (Wildman–Crippen LogP) is 3.05. The van der Waals surface area contributed by atoms with E-state index in [0.717, 1.165) is 0 Å². The molecule has 0 aliphatic heterocycles. The maximum absolute atomic E-state index is 5.95. The van der Waals surface area contributed by atoms with E-state index < -0.39 is 0 Å². The quantitative estimate of drug-likeness (QED) is 0.551. The normalized spacial score (nSPS) is 32.1. The molecule has 1 aliphatic rings. The molecule has 0 aromatic heterocycles. The molecule has 0 aromatic carbocycles. The lowest BCUT2D eigenvalue weighted by Gasteiger charge is -2.15. The Morgan fingerprint density at radius 3 is 2.80 bits per heavy atom. The fourth-order valence-corrected chi connectivity index (χ4v) is 1.62. The first kappa shape index (κ1) is 8.22. The molecule has 2 heteroatoms. The van der Waals surface area contributed by atoms with Crippen LogP contribution in [0.25, 0.3) is 0 Å². The maximum Gasteiger partial charge on any atom is 0.0579 e. The van der Waals surface area contributed by atoms with Crippen molar-refractivity contribution in [2.24, 2.45) is 5.92 Å². The number of hydrogen-bond acceptors (Lipinski definition) is 1. The average molecular weight is 175 g/mol. The molecule has 0 aromatic rings. The lowest BCUT2D eigenvalue weighted by atomic mass is 10.0. The molecule has 1 rings (SSSR count). The summed E-state index contributed by atoms with van der Waals surface area (Å²) in [5.41, 5.74) is 0. The molecule has 0 N–H and O–H groups in total. The lowest BCUT2D eigenvalue weighted by molar-refractivity contribution is 0.743. The number of allylic oxidation sites excluding steroid dienone is 3. The van der Waals surface area contributed by atoms with Gasteiger partial charge in [0.25, 0.3) is 0 Å². The summed E-state index contributed by atoms with van der Waals surface area (Å²) in [6.45, 7) is 2.14. The highest BCUT2D eigenvalue weighted by Crippen LogP contribution is 2.26. The van der Waals surface area contributed by atoms with Crippen molar-refractivity contribution in [3.8, 4) is 0 Å². The van der Waals surface area contributed by atoms with E-state index in [1.165, 1.54) is 4.91 Å². The Balaban J connectivity index is 2.66. The van der Waals surface area contributed by atoms with Gasteiger partial charge in [-0.15, -0.1) is 23.4 Å². The van der Waals surface area contributed by atoms with Crippen molar-refractivity contribution in [2.75, 3.05) is 6.26 Å². The summed E-state index contributed by atoms with van der Waals surface area (Å²) < 4.78 is 0. The molecule has 0 fully saturated rings. The molecule has 0 bridgehead atoms. The van der Waals surface area contributed by atoms with Gasteiger partial charge in [-0.05, 0) is 12.2 Å². The van der Waals surface area contributed by atoms with Crippen LogP contribution in [0.15, 0.2) is 23.1 Å². The standard InChI is InChI=1S/C8H11ClS/c1-6-5-7(10-2)3-4-8(6)9/h3-6,8H,1-2H3. The first-order valence-corrected chi connectivity index (χ1v) is 4.98. The van der Waals surface area contributed by atoms with Gasteiger partial charge in [-0.2, -0.15) is 0 Å². The SMILES string of the molecule is CSC1=CC(C)C(Cl)C=C1. The molecular weight excluding hydrogens is 164 g/mol. The number of alkyl halides is 1. The molecule has 0 saturated heterocycles. The van der Waals surface area contributed by atoms with E-state index in [-0.39, 0.29) is 5.38 Å². The Kier molecular flexibility index (Phi) is 2.87. The van der Waals surface area contributed by atoms with E-state index in [1.807, 2.05) is 0 Å². The predicted molar refractivity (Wildman–Crippen MR) is 49.5 cm³/mol. The molecule has 0 spiro atoms. The van der Waals surface area contributed by atoms with Crippen molar-refractivity contribution in [3.63, 3.8) is 0 Å². The number of thioether (sulfide) groups is 1. The Morgan fingerprint density at radius 1 is 1.60 bits per heavy atom. The zero-order valence-electron chi connectivity index (χ0n) is 6.17. The Labute approximate surface area is 71.3 Å². The van der Waals surface area contributed by atoms with Crippen LogP contribution in [-0.4, -0.2) is 11.6 Å². The molecule has 56 valence electrons. The first-order valence-electron chi connectivity index (χ1n) is 3.32. The van der Waals surface area contributed by atoms with Crippen LogP contribution in [0.2, 0.25) is 0 Å². The summed E-state index contributed by atoms with van der Waals surface area (Å²) in [4.78, 5) is 1.32. The van der Waals surface area contributed by atoms with Crippen LogP contribution in [0, 0.1) is 5.92 Å². The summed E-state index contributed by atoms with van der Waals surface area (Å²) in [6, 6.07) is 0. The minimum atomic E-state index is 0.191. The van der Waals surface area contributed by atoms with Gasteiger partial charge in [0.2, 0.25) is 0 Å². The largest absolute Gasteiger partial charge is 0.130 e. The third kappa shape index (κ3) is 1.80. The second-order valence-electron chi connectivity index (χ2n) is 2.44. The Bertz CT molecular complexity index is 172. The molecule has 2 atom stereocenters. The fraction of sp³-hybridized carbons (Fsp3) is 0.500. The maximum atomic E-state index is 5.95. The van der Waals surface area contributed by atoms with Crippen LogP contribution in [0.5, 0.6) is 0 Å². The zero-order valence-corrected chi connectivity index (χ0v) is 7.75. The summed E-state index contributed by atoms with van der Waals surface area (Å²) in [6.07, 6.45) is 8.43. The third-order valence-corrected chi connectivity index (χ3v) is 2.90. The van der Waals surface area contributed by atoms with Gasteiger partial charge in [0.05, 0.1) is 5.38 Å². The van der Waals surface area contributed by atoms with Gasteiger partial charge in [0.15, 0.2) is 0 Å². The third-order valence-electron chi connectivity index (χ3n) is 1.61. The van der Waals surface area contributed by atoms with E-state index in [4.69, 9.17) is 11.6 Å². The summed E-state index contributed by atoms with van der Waals surface area (Å²) >= 11 is 7.72. The Hall–Kier alpha value is 0.120. The van der Waals surface area contributed by atoms with E-state index in [1.54, 1.807) is 11.8 Å². The van der Waals surface area contributed by atoms with E-state index >= 15 is 0 Å². The topological polar surface area (TPSA) is 0 Å². The Morgan fingerprint density at radius 2 is 2.30 bits per heavy atom. The molecule has 2 unspecified atom stereocenters. The minimum Gasteiger partial charge on any atom is -0.130 e. The molecule has 0 nitrogen and oxygen atoms in total. The molecule has 0 radical (unpaired) electrons. The fourth-order valence-electron chi connectivity index (χ4n) is 0.905. The van der Waals surface area contributed by atoms with Crippen LogP contribution >= 0.6 is 23.4 Å².